The van der Waals surface area contributed by atoms with Crippen LogP contribution < -0.4 is 0 Å². The first-order valence-electron chi connectivity index (χ1n) is 5.00. The number of aliphatic hydroxyl groups excluding tert-OH is 1. The molecule has 3 nitrogen and oxygen atoms in total. The van der Waals surface area contributed by atoms with Crippen LogP contribution in [0.25, 0.3) is 11.4 Å². The highest BCUT2D eigenvalue weighted by Gasteiger charge is 2.07. The fourth-order valence-electron chi connectivity index (χ4n) is 1.47. The highest BCUT2D eigenvalue weighted by molar-refractivity contribution is 5.55. The fraction of sp³-hybridized carbons (Fsp3) is 0.167. The number of halogens is 2. The summed E-state index contributed by atoms with van der Waals surface area (Å²) in [7, 11) is 0. The molecule has 1 N–H and O–H groups in total. The lowest BCUT2D eigenvalue weighted by Crippen LogP contribution is -1.98. The van der Waals surface area contributed by atoms with Gasteiger partial charge in [0.1, 0.15) is 11.6 Å². The predicted octanol–water partition coefficient (Wildman–Crippen LogP) is 2.22. The van der Waals surface area contributed by atoms with Gasteiger partial charge in [0, 0.05) is 29.1 Å². The SMILES string of the molecule is Cc1nc(-c2cc(F)cc(F)c2)ncc1CO. The Morgan fingerprint density at radius 2 is 1.82 bits per heavy atom. The number of hydrogen-bond donors (Lipinski definition) is 1. The van der Waals surface area contributed by atoms with Crippen LogP contribution in [-0.4, -0.2) is 15.1 Å². The minimum Gasteiger partial charge on any atom is -0.392 e. The van der Waals surface area contributed by atoms with Gasteiger partial charge in [0.2, 0.25) is 0 Å². The smallest absolute Gasteiger partial charge is 0.159 e. The van der Waals surface area contributed by atoms with Gasteiger partial charge in [-0.1, -0.05) is 0 Å². The monoisotopic (exact) mass is 236 g/mol. The highest BCUT2D eigenvalue weighted by Crippen LogP contribution is 2.19. The van der Waals surface area contributed by atoms with Gasteiger partial charge in [0.15, 0.2) is 5.82 Å². The van der Waals surface area contributed by atoms with E-state index in [1.54, 1.807) is 6.92 Å². The van der Waals surface area contributed by atoms with Crippen LogP contribution in [0.5, 0.6) is 0 Å². The first kappa shape index (κ1) is 11.6. The second-order valence-electron chi connectivity index (χ2n) is 3.62. The van der Waals surface area contributed by atoms with Crippen molar-refractivity contribution < 1.29 is 13.9 Å². The molecule has 2 aromatic rings. The molecular formula is C12H10F2N2O. The molecule has 0 aliphatic heterocycles. The molecule has 0 bridgehead atoms. The average Bonchev–Trinajstić information content (AvgIpc) is 2.27. The van der Waals surface area contributed by atoms with E-state index < -0.39 is 11.6 Å². The third-order valence-electron chi connectivity index (χ3n) is 2.37. The predicted molar refractivity (Wildman–Crippen MR) is 58.0 cm³/mol. The summed E-state index contributed by atoms with van der Waals surface area (Å²) in [6, 6.07) is 3.12. The van der Waals surface area contributed by atoms with Crippen LogP contribution in [0.1, 0.15) is 11.3 Å². The van der Waals surface area contributed by atoms with Crippen molar-refractivity contribution in [1.82, 2.24) is 9.97 Å². The van der Waals surface area contributed by atoms with Crippen molar-refractivity contribution in [3.63, 3.8) is 0 Å². The quantitative estimate of drug-likeness (QED) is 0.869. The summed E-state index contributed by atoms with van der Waals surface area (Å²) >= 11 is 0. The molecule has 0 saturated carbocycles. The maximum Gasteiger partial charge on any atom is 0.159 e. The van der Waals surface area contributed by atoms with Gasteiger partial charge in [-0.25, -0.2) is 18.7 Å². The molecule has 0 spiro atoms. The van der Waals surface area contributed by atoms with E-state index in [9.17, 15) is 8.78 Å². The molecule has 1 heterocycles. The zero-order valence-corrected chi connectivity index (χ0v) is 9.11. The number of aryl methyl sites for hydroxylation is 1. The number of aliphatic hydroxyl groups is 1. The maximum atomic E-state index is 13.0. The summed E-state index contributed by atoms with van der Waals surface area (Å²) in [5.41, 5.74) is 1.45. The van der Waals surface area contributed by atoms with Gasteiger partial charge in [0.25, 0.3) is 0 Å². The molecule has 0 radical (unpaired) electrons. The van der Waals surface area contributed by atoms with Crippen molar-refractivity contribution >= 4 is 0 Å². The van der Waals surface area contributed by atoms with Crippen LogP contribution in [0.15, 0.2) is 24.4 Å². The fourth-order valence-corrected chi connectivity index (χ4v) is 1.47. The highest BCUT2D eigenvalue weighted by atomic mass is 19.1. The third kappa shape index (κ3) is 2.45. The number of rotatable bonds is 2. The van der Waals surface area contributed by atoms with E-state index in [4.69, 9.17) is 5.11 Å². The van der Waals surface area contributed by atoms with Gasteiger partial charge in [-0.15, -0.1) is 0 Å². The van der Waals surface area contributed by atoms with Gasteiger partial charge in [-0.05, 0) is 19.1 Å². The molecule has 17 heavy (non-hydrogen) atoms. The van der Waals surface area contributed by atoms with Crippen LogP contribution in [-0.2, 0) is 6.61 Å². The van der Waals surface area contributed by atoms with E-state index in [0.717, 1.165) is 18.2 Å². The minimum absolute atomic E-state index is 0.163. The van der Waals surface area contributed by atoms with Crippen molar-refractivity contribution in [3.8, 4) is 11.4 Å². The second-order valence-corrected chi connectivity index (χ2v) is 3.62. The van der Waals surface area contributed by atoms with E-state index in [2.05, 4.69) is 9.97 Å². The average molecular weight is 236 g/mol. The summed E-state index contributed by atoms with van der Waals surface area (Å²) in [5, 5.41) is 8.97. The summed E-state index contributed by atoms with van der Waals surface area (Å²) in [6.45, 7) is 1.54. The van der Waals surface area contributed by atoms with E-state index in [1.807, 2.05) is 0 Å². The van der Waals surface area contributed by atoms with Crippen LogP contribution in [0, 0.1) is 18.6 Å². The molecule has 1 aromatic carbocycles. The molecular weight excluding hydrogens is 226 g/mol. The molecule has 2 rings (SSSR count). The summed E-state index contributed by atoms with van der Waals surface area (Å²) < 4.78 is 26.0. The Kier molecular flexibility index (Phi) is 3.10. The number of benzene rings is 1. The van der Waals surface area contributed by atoms with Crippen LogP contribution in [0.4, 0.5) is 8.78 Å². The van der Waals surface area contributed by atoms with E-state index in [-0.39, 0.29) is 18.0 Å². The lowest BCUT2D eigenvalue weighted by Gasteiger charge is -2.05. The molecule has 0 saturated heterocycles. The Morgan fingerprint density at radius 1 is 1.18 bits per heavy atom. The zero-order chi connectivity index (χ0) is 12.4. The van der Waals surface area contributed by atoms with Gasteiger partial charge in [0.05, 0.1) is 6.61 Å². The van der Waals surface area contributed by atoms with Crippen LogP contribution >= 0.6 is 0 Å². The van der Waals surface area contributed by atoms with Crippen LogP contribution in [0.2, 0.25) is 0 Å². The first-order valence-corrected chi connectivity index (χ1v) is 5.00. The number of nitrogens with zero attached hydrogens (tertiary/aromatic N) is 2. The van der Waals surface area contributed by atoms with E-state index >= 15 is 0 Å². The van der Waals surface area contributed by atoms with Crippen molar-refractivity contribution in [3.05, 3.63) is 47.3 Å². The number of hydrogen-bond acceptors (Lipinski definition) is 3. The van der Waals surface area contributed by atoms with Crippen LogP contribution in [0.3, 0.4) is 0 Å². The molecule has 1 aromatic heterocycles. The largest absolute Gasteiger partial charge is 0.392 e. The lowest BCUT2D eigenvalue weighted by atomic mass is 10.2. The Morgan fingerprint density at radius 3 is 2.35 bits per heavy atom. The molecule has 0 fully saturated rings. The topological polar surface area (TPSA) is 46.0 Å². The zero-order valence-electron chi connectivity index (χ0n) is 9.11. The van der Waals surface area contributed by atoms with Gasteiger partial charge >= 0.3 is 0 Å². The molecule has 0 unspecified atom stereocenters. The Hall–Kier alpha value is -1.88. The Labute approximate surface area is 96.8 Å². The molecule has 88 valence electrons. The third-order valence-corrected chi connectivity index (χ3v) is 2.37. The summed E-state index contributed by atoms with van der Waals surface area (Å²) in [6.07, 6.45) is 1.44. The van der Waals surface area contributed by atoms with Crippen molar-refractivity contribution in [2.75, 3.05) is 0 Å². The van der Waals surface area contributed by atoms with Gasteiger partial charge in [-0.2, -0.15) is 0 Å². The second kappa shape index (κ2) is 4.55. The Bertz CT molecular complexity index is 538. The molecule has 0 aliphatic rings. The summed E-state index contributed by atoms with van der Waals surface area (Å²) in [5.74, 6) is -1.11. The number of aromatic nitrogens is 2. The molecule has 0 amide bonds. The van der Waals surface area contributed by atoms with E-state index in [0.29, 0.717) is 11.3 Å². The molecule has 0 atom stereocenters. The van der Waals surface area contributed by atoms with Crippen molar-refractivity contribution in [2.24, 2.45) is 0 Å². The minimum atomic E-state index is -0.674. The van der Waals surface area contributed by atoms with Gasteiger partial charge < -0.3 is 5.11 Å². The van der Waals surface area contributed by atoms with Gasteiger partial charge in [-0.3, -0.25) is 0 Å². The maximum absolute atomic E-state index is 13.0. The standard InChI is InChI=1S/C12H10F2N2O/c1-7-9(6-17)5-15-12(16-7)8-2-10(13)4-11(14)3-8/h2-5,17H,6H2,1H3. The lowest BCUT2D eigenvalue weighted by molar-refractivity contribution is 0.280. The van der Waals surface area contributed by atoms with Crippen molar-refractivity contribution in [2.45, 2.75) is 13.5 Å². The van der Waals surface area contributed by atoms with Crippen molar-refractivity contribution in [1.29, 1.82) is 0 Å². The molecule has 5 heteroatoms. The van der Waals surface area contributed by atoms with E-state index in [1.165, 1.54) is 6.20 Å². The Balaban J connectivity index is 2.49. The normalized spacial score (nSPS) is 10.6. The first-order chi connectivity index (χ1) is 8.10. The summed E-state index contributed by atoms with van der Waals surface area (Å²) in [4.78, 5) is 8.05. The molecule has 0 aliphatic carbocycles.